The molecule has 0 fully saturated rings. The van der Waals surface area contributed by atoms with Crippen LogP contribution in [-0.4, -0.2) is 10.8 Å². The number of nitro benzene ring substituents is 1. The van der Waals surface area contributed by atoms with E-state index in [1.807, 2.05) is 6.92 Å². The predicted molar refractivity (Wildman–Crippen MR) is 91.8 cm³/mol. The molecule has 0 aromatic heterocycles. The van der Waals surface area contributed by atoms with E-state index in [1.54, 1.807) is 18.2 Å². The highest BCUT2D eigenvalue weighted by molar-refractivity contribution is 5.80. The lowest BCUT2D eigenvalue weighted by Crippen LogP contribution is -2.28. The third kappa shape index (κ3) is 3.45. The number of carbonyl (C=O) groups excluding carboxylic acids is 1. The molecule has 1 aliphatic rings. The first-order valence-electron chi connectivity index (χ1n) is 8.18. The lowest BCUT2D eigenvalue weighted by atomic mass is 10.0. The number of fused-ring (bicyclic) bond motifs is 1. The fourth-order valence-electron chi connectivity index (χ4n) is 3.25. The van der Waals surface area contributed by atoms with Crippen molar-refractivity contribution < 1.29 is 9.72 Å². The Bertz CT molecular complexity index is 786. The van der Waals surface area contributed by atoms with Crippen LogP contribution in [0.3, 0.4) is 0 Å². The number of aryl methyl sites for hydroxylation is 2. The van der Waals surface area contributed by atoms with Crippen molar-refractivity contribution in [2.75, 3.05) is 0 Å². The highest BCUT2D eigenvalue weighted by Crippen LogP contribution is 2.25. The lowest BCUT2D eigenvalue weighted by Gasteiger charge is -2.15. The summed E-state index contributed by atoms with van der Waals surface area (Å²) in [5.74, 6) is -0.211. The van der Waals surface area contributed by atoms with Gasteiger partial charge in [0.25, 0.3) is 5.69 Å². The summed E-state index contributed by atoms with van der Waals surface area (Å²) in [6.45, 7) is 1.94. The number of amides is 1. The first-order valence-corrected chi connectivity index (χ1v) is 8.18. The summed E-state index contributed by atoms with van der Waals surface area (Å²) >= 11 is 0. The second-order valence-electron chi connectivity index (χ2n) is 6.23. The highest BCUT2D eigenvalue weighted by Gasteiger charge is 2.18. The van der Waals surface area contributed by atoms with Crippen LogP contribution in [0.5, 0.6) is 0 Å². The van der Waals surface area contributed by atoms with Crippen LogP contribution in [0.2, 0.25) is 0 Å². The monoisotopic (exact) mass is 324 g/mol. The maximum absolute atomic E-state index is 12.3. The average Bonchev–Trinajstić information content (AvgIpc) is 3.02. The molecule has 0 saturated heterocycles. The maximum atomic E-state index is 12.3. The molecule has 0 saturated carbocycles. The molecule has 0 aliphatic heterocycles. The van der Waals surface area contributed by atoms with Crippen LogP contribution in [-0.2, 0) is 24.1 Å². The van der Waals surface area contributed by atoms with Gasteiger partial charge in [-0.05, 0) is 42.9 Å². The van der Waals surface area contributed by atoms with Crippen molar-refractivity contribution >= 4 is 11.6 Å². The molecule has 124 valence electrons. The minimum absolute atomic E-state index is 0.00638. The van der Waals surface area contributed by atoms with E-state index >= 15 is 0 Å². The highest BCUT2D eigenvalue weighted by atomic mass is 16.6. The lowest BCUT2D eigenvalue weighted by molar-refractivity contribution is -0.385. The average molecular weight is 324 g/mol. The smallest absolute Gasteiger partial charge is 0.273 e. The van der Waals surface area contributed by atoms with Crippen molar-refractivity contribution in [3.8, 4) is 0 Å². The Morgan fingerprint density at radius 3 is 2.75 bits per heavy atom. The first-order chi connectivity index (χ1) is 11.5. The van der Waals surface area contributed by atoms with Gasteiger partial charge in [-0.15, -0.1) is 0 Å². The van der Waals surface area contributed by atoms with Crippen LogP contribution in [0, 0.1) is 10.1 Å². The van der Waals surface area contributed by atoms with Crippen LogP contribution < -0.4 is 5.32 Å². The van der Waals surface area contributed by atoms with Gasteiger partial charge in [-0.3, -0.25) is 14.9 Å². The van der Waals surface area contributed by atoms with Gasteiger partial charge in [0.05, 0.1) is 17.4 Å². The molecular formula is C19H20N2O3. The van der Waals surface area contributed by atoms with Crippen molar-refractivity contribution in [1.82, 2.24) is 5.32 Å². The number of para-hydroxylation sites is 1. The Kier molecular flexibility index (Phi) is 4.60. The maximum Gasteiger partial charge on any atom is 0.273 e. The zero-order chi connectivity index (χ0) is 17.1. The van der Waals surface area contributed by atoms with E-state index in [9.17, 15) is 14.9 Å². The van der Waals surface area contributed by atoms with Crippen molar-refractivity contribution in [3.05, 3.63) is 74.8 Å². The molecule has 0 spiro atoms. The molecule has 0 radical (unpaired) electrons. The van der Waals surface area contributed by atoms with Crippen LogP contribution >= 0.6 is 0 Å². The van der Waals surface area contributed by atoms with Crippen molar-refractivity contribution in [2.45, 2.75) is 38.6 Å². The van der Waals surface area contributed by atoms with Gasteiger partial charge in [0.15, 0.2) is 0 Å². The molecule has 1 atom stereocenters. The van der Waals surface area contributed by atoms with Gasteiger partial charge < -0.3 is 5.32 Å². The van der Waals surface area contributed by atoms with Gasteiger partial charge in [-0.25, -0.2) is 0 Å². The largest absolute Gasteiger partial charge is 0.349 e. The van der Waals surface area contributed by atoms with Gasteiger partial charge in [0.1, 0.15) is 0 Å². The zero-order valence-electron chi connectivity index (χ0n) is 13.6. The molecule has 5 heteroatoms. The van der Waals surface area contributed by atoms with Crippen molar-refractivity contribution in [3.63, 3.8) is 0 Å². The molecule has 2 aromatic rings. The quantitative estimate of drug-likeness (QED) is 0.676. The van der Waals surface area contributed by atoms with Crippen LogP contribution in [0.25, 0.3) is 0 Å². The predicted octanol–water partition coefficient (Wildman–Crippen LogP) is 3.50. The minimum Gasteiger partial charge on any atom is -0.349 e. The molecule has 0 bridgehead atoms. The van der Waals surface area contributed by atoms with Gasteiger partial charge >= 0.3 is 0 Å². The van der Waals surface area contributed by atoms with Gasteiger partial charge in [-0.2, -0.15) is 0 Å². The third-order valence-corrected chi connectivity index (χ3v) is 4.54. The third-order valence-electron chi connectivity index (χ3n) is 4.54. The molecule has 24 heavy (non-hydrogen) atoms. The van der Waals surface area contributed by atoms with E-state index in [2.05, 4.69) is 23.5 Å². The van der Waals surface area contributed by atoms with E-state index in [0.29, 0.717) is 5.56 Å². The molecule has 1 aliphatic carbocycles. The summed E-state index contributed by atoms with van der Waals surface area (Å²) in [6.07, 6.45) is 3.43. The molecular weight excluding hydrogens is 304 g/mol. The number of nitrogens with zero attached hydrogens (tertiary/aromatic N) is 1. The molecule has 1 N–H and O–H groups in total. The summed E-state index contributed by atoms with van der Waals surface area (Å²) in [6, 6.07) is 12.6. The second-order valence-corrected chi connectivity index (χ2v) is 6.23. The standard InChI is InChI=1S/C19H20N2O3/c1-13(15-10-9-14-6-4-7-16(14)11-15)20-19(22)12-17-5-2-3-8-18(17)21(23)24/h2-3,5,8-11,13H,4,6-7,12H2,1H3,(H,20,22)/t13-/m0/s1. The SMILES string of the molecule is C[C@H](NC(=O)Cc1ccccc1[N+](=O)[O-])c1ccc2c(c1)CCC2. The van der Waals surface area contributed by atoms with Crippen molar-refractivity contribution in [1.29, 1.82) is 0 Å². The van der Waals surface area contributed by atoms with Crippen molar-refractivity contribution in [2.24, 2.45) is 0 Å². The summed E-state index contributed by atoms with van der Waals surface area (Å²) in [7, 11) is 0. The van der Waals surface area contributed by atoms with Crippen LogP contribution in [0.15, 0.2) is 42.5 Å². The molecule has 1 amide bonds. The zero-order valence-corrected chi connectivity index (χ0v) is 13.6. The number of nitro groups is 1. The molecule has 0 heterocycles. The summed E-state index contributed by atoms with van der Waals surface area (Å²) in [5.41, 5.74) is 4.26. The van der Waals surface area contributed by atoms with E-state index in [-0.39, 0.29) is 24.1 Å². The fraction of sp³-hybridized carbons (Fsp3) is 0.316. The molecule has 0 unspecified atom stereocenters. The Morgan fingerprint density at radius 1 is 1.21 bits per heavy atom. The Morgan fingerprint density at radius 2 is 1.96 bits per heavy atom. The Hall–Kier alpha value is -2.69. The van der Waals surface area contributed by atoms with Gasteiger partial charge in [-0.1, -0.05) is 36.4 Å². The van der Waals surface area contributed by atoms with E-state index in [1.165, 1.54) is 23.6 Å². The summed E-state index contributed by atoms with van der Waals surface area (Å²) < 4.78 is 0. The number of hydrogen-bond donors (Lipinski definition) is 1. The first kappa shape index (κ1) is 16.2. The minimum atomic E-state index is -0.452. The number of benzene rings is 2. The van der Waals surface area contributed by atoms with E-state index in [0.717, 1.165) is 18.4 Å². The van der Waals surface area contributed by atoms with Gasteiger partial charge in [0, 0.05) is 11.6 Å². The van der Waals surface area contributed by atoms with E-state index < -0.39 is 4.92 Å². The Balaban J connectivity index is 1.68. The van der Waals surface area contributed by atoms with E-state index in [4.69, 9.17) is 0 Å². The number of nitrogens with one attached hydrogen (secondary N) is 1. The van der Waals surface area contributed by atoms with Gasteiger partial charge in [0.2, 0.25) is 5.91 Å². The molecule has 3 rings (SSSR count). The van der Waals surface area contributed by atoms with Crippen LogP contribution in [0.4, 0.5) is 5.69 Å². The second kappa shape index (κ2) is 6.83. The number of carbonyl (C=O) groups is 1. The molecule has 5 nitrogen and oxygen atoms in total. The summed E-state index contributed by atoms with van der Waals surface area (Å²) in [5, 5.41) is 14.0. The van der Waals surface area contributed by atoms with Crippen LogP contribution in [0.1, 0.15) is 41.6 Å². The fourth-order valence-corrected chi connectivity index (χ4v) is 3.25. The number of hydrogen-bond acceptors (Lipinski definition) is 3. The summed E-state index contributed by atoms with van der Waals surface area (Å²) in [4.78, 5) is 22.8. The Labute approximate surface area is 140 Å². The topological polar surface area (TPSA) is 72.2 Å². The molecule has 2 aromatic carbocycles. The number of rotatable bonds is 5. The normalized spacial score (nSPS) is 14.0.